The molecule has 2 aromatic carbocycles. The number of methoxy groups -OCH3 is 1. The van der Waals surface area contributed by atoms with Crippen LogP contribution in [0.15, 0.2) is 53.4 Å². The second kappa shape index (κ2) is 7.63. The van der Waals surface area contributed by atoms with Gasteiger partial charge < -0.3 is 0 Å². The standard InChI is InChI=1S/C13H11F5IOS6/c1-20-12-6-2-10(3-7-12)19-11-4-8-13(9-5-11)24(21,22)25(14,23)26(15,16,17)18/h2-9H,1H3/q-1. The van der Waals surface area contributed by atoms with E-state index < -0.39 is 43.2 Å². The summed E-state index contributed by atoms with van der Waals surface area (Å²) in [5.74, 6) is 0.710. The van der Waals surface area contributed by atoms with E-state index in [1.807, 2.05) is 12.1 Å². The van der Waals surface area contributed by atoms with Crippen LogP contribution in [0.3, 0.4) is 0 Å². The van der Waals surface area contributed by atoms with E-state index in [1.54, 1.807) is 19.2 Å². The molecule has 1 unspecified atom stereocenters. The molecular weight excluding hydrogens is 586 g/mol. The van der Waals surface area contributed by atoms with Crippen LogP contribution in [0.25, 0.3) is 0 Å². The van der Waals surface area contributed by atoms with Gasteiger partial charge in [0.2, 0.25) is 0 Å². The first kappa shape index (κ1) is 22.6. The summed E-state index contributed by atoms with van der Waals surface area (Å²) in [6, 6.07) is 12.9. The van der Waals surface area contributed by atoms with Gasteiger partial charge in [0, 0.05) is 0 Å². The third-order valence-electron chi connectivity index (χ3n) is 2.93. The van der Waals surface area contributed by atoms with Crippen LogP contribution in [0.4, 0.5) is 19.4 Å². The zero-order valence-electron chi connectivity index (χ0n) is 12.7. The molecule has 0 saturated heterocycles. The molecule has 148 valence electrons. The zero-order chi connectivity index (χ0) is 19.8. The number of halogens is 6. The molecule has 0 aliphatic rings. The second-order valence-corrected chi connectivity index (χ2v) is 25.0. The van der Waals surface area contributed by atoms with Crippen LogP contribution in [-0.2, 0) is 55.6 Å². The summed E-state index contributed by atoms with van der Waals surface area (Å²) in [7, 11) is -6.89. The van der Waals surface area contributed by atoms with Gasteiger partial charge in [-0.05, 0) is 0 Å². The Morgan fingerprint density at radius 2 is 1.27 bits per heavy atom. The fourth-order valence-corrected chi connectivity index (χ4v) is 15.7. The Hall–Kier alpha value is 0.330. The van der Waals surface area contributed by atoms with Crippen molar-refractivity contribution in [2.45, 2.75) is 4.90 Å². The van der Waals surface area contributed by atoms with Crippen LogP contribution in [0.2, 0.25) is 0 Å². The molecule has 0 aliphatic carbocycles. The molecule has 0 bridgehead atoms. The normalized spacial score (nSPS) is 16.5. The average molecular weight is 598 g/mol. The van der Waals surface area contributed by atoms with Crippen LogP contribution in [0.1, 0.15) is 0 Å². The van der Waals surface area contributed by atoms with Gasteiger partial charge in [-0.2, -0.15) is 0 Å². The van der Waals surface area contributed by atoms with Gasteiger partial charge in [0.05, 0.1) is 0 Å². The first-order chi connectivity index (χ1) is 11.7. The van der Waals surface area contributed by atoms with Crippen LogP contribution < -0.4 is 25.9 Å². The summed E-state index contributed by atoms with van der Waals surface area (Å²) in [4.78, 5) is -0.244. The SMILES string of the molecule is COc1ccc([I-]c2ccc(S(=S)(=S)S(F)(=S)=S(F)(F)(F)F)cc2)cc1. The van der Waals surface area contributed by atoms with E-state index in [9.17, 15) is 19.4 Å². The quantitative estimate of drug-likeness (QED) is 0.225. The van der Waals surface area contributed by atoms with E-state index in [1.165, 1.54) is 24.3 Å². The number of benzene rings is 2. The van der Waals surface area contributed by atoms with Crippen molar-refractivity contribution in [2.75, 3.05) is 7.11 Å². The molecule has 0 amide bonds. The first-order valence-corrected chi connectivity index (χ1v) is 17.2. The molecule has 0 saturated carbocycles. The van der Waals surface area contributed by atoms with E-state index in [2.05, 4.69) is 33.6 Å². The Bertz CT molecular complexity index is 1060. The average Bonchev–Trinajstić information content (AvgIpc) is 2.54. The van der Waals surface area contributed by atoms with E-state index in [4.69, 9.17) is 4.74 Å². The van der Waals surface area contributed by atoms with Gasteiger partial charge in [-0.3, -0.25) is 0 Å². The van der Waals surface area contributed by atoms with Crippen LogP contribution in [-0.4, -0.2) is 7.11 Å². The maximum absolute atomic E-state index is 14.2. The fraction of sp³-hybridized carbons (Fsp3) is 0.0769. The Labute approximate surface area is 172 Å². The summed E-state index contributed by atoms with van der Waals surface area (Å²) in [6.07, 6.45) is -4.01. The molecule has 0 fully saturated rings. The molecule has 26 heavy (non-hydrogen) atoms. The van der Waals surface area contributed by atoms with Crippen molar-refractivity contribution in [3.05, 3.63) is 55.7 Å². The van der Waals surface area contributed by atoms with E-state index in [-0.39, 0.29) is 4.90 Å². The molecule has 1 nitrogen and oxygen atoms in total. The van der Waals surface area contributed by atoms with Gasteiger partial charge in [-0.25, -0.2) is 0 Å². The summed E-state index contributed by atoms with van der Waals surface area (Å²) in [6.45, 7) is -5.67. The van der Waals surface area contributed by atoms with E-state index in [0.717, 1.165) is 7.14 Å². The minimum absolute atomic E-state index is 0.244. The molecule has 2 rings (SSSR count). The van der Waals surface area contributed by atoms with Crippen molar-refractivity contribution in [2.24, 2.45) is 0 Å². The van der Waals surface area contributed by atoms with Gasteiger partial charge in [0.15, 0.2) is 0 Å². The van der Waals surface area contributed by atoms with Crippen molar-refractivity contribution in [1.29, 1.82) is 0 Å². The molecule has 13 heteroatoms. The van der Waals surface area contributed by atoms with Gasteiger partial charge >= 0.3 is 174 Å². The molecule has 0 heterocycles. The van der Waals surface area contributed by atoms with Gasteiger partial charge in [0.1, 0.15) is 0 Å². The van der Waals surface area contributed by atoms with Crippen LogP contribution >= 0.6 is 0 Å². The van der Waals surface area contributed by atoms with Gasteiger partial charge in [0.25, 0.3) is 0 Å². The van der Waals surface area contributed by atoms with Crippen molar-refractivity contribution in [3.8, 4) is 5.75 Å². The molecule has 1 atom stereocenters. The molecule has 0 aromatic heterocycles. The van der Waals surface area contributed by atoms with E-state index >= 15 is 0 Å². The molecule has 0 radical (unpaired) electrons. The van der Waals surface area contributed by atoms with Gasteiger partial charge in [-0.15, -0.1) is 0 Å². The monoisotopic (exact) mass is 597 g/mol. The maximum atomic E-state index is 14.2. The number of hydrogen-bond donors (Lipinski definition) is 0. The van der Waals surface area contributed by atoms with Crippen molar-refractivity contribution >= 4 is 55.6 Å². The fourth-order valence-electron chi connectivity index (χ4n) is 1.67. The summed E-state index contributed by atoms with van der Waals surface area (Å²) >= 11 is 12.7. The van der Waals surface area contributed by atoms with Crippen LogP contribution in [0.5, 0.6) is 5.75 Å². The van der Waals surface area contributed by atoms with Crippen molar-refractivity contribution in [1.82, 2.24) is 0 Å². The van der Waals surface area contributed by atoms with Crippen LogP contribution in [0, 0.1) is 7.14 Å². The van der Waals surface area contributed by atoms with Crippen molar-refractivity contribution < 1.29 is 45.4 Å². The summed E-state index contributed by atoms with van der Waals surface area (Å²) < 4.78 is 73.3. The predicted molar refractivity (Wildman–Crippen MR) is 105 cm³/mol. The Morgan fingerprint density at radius 1 is 0.846 bits per heavy atom. The molecule has 0 N–H and O–H groups in total. The Kier molecular flexibility index (Phi) is 6.64. The molecule has 0 spiro atoms. The molecule has 2 aromatic rings. The summed E-state index contributed by atoms with van der Waals surface area (Å²) in [5, 5.41) is 0. The Balaban J connectivity index is 2.38. The second-order valence-electron chi connectivity index (χ2n) is 4.66. The minimum atomic E-state index is -8.44. The third-order valence-corrected chi connectivity index (χ3v) is 26.6. The molecule has 0 aliphatic heterocycles. The third kappa shape index (κ3) is 4.66. The van der Waals surface area contributed by atoms with Crippen molar-refractivity contribution in [3.63, 3.8) is 0 Å². The number of rotatable bonds is 5. The summed E-state index contributed by atoms with van der Waals surface area (Å²) in [5.41, 5.74) is 0. The predicted octanol–water partition coefficient (Wildman–Crippen LogP) is 1.82. The zero-order valence-corrected chi connectivity index (χ0v) is 19.8. The Morgan fingerprint density at radius 3 is 1.65 bits per heavy atom. The van der Waals surface area contributed by atoms with E-state index in [0.29, 0.717) is 5.75 Å². The topological polar surface area (TPSA) is 9.23 Å². The number of hydrogen-bond acceptors (Lipinski definition) is 4. The molecular formula is C13H11F5IOS6-. The number of ether oxygens (including phenoxy) is 1. The first-order valence-electron chi connectivity index (χ1n) is 6.44. The van der Waals surface area contributed by atoms with Gasteiger partial charge in [-0.1, -0.05) is 0 Å².